The van der Waals surface area contributed by atoms with Crippen LogP contribution in [0.25, 0.3) is 0 Å². The van der Waals surface area contributed by atoms with Gasteiger partial charge in [-0.3, -0.25) is 0 Å². The van der Waals surface area contributed by atoms with Crippen molar-refractivity contribution in [3.8, 4) is 0 Å². The van der Waals surface area contributed by atoms with Crippen LogP contribution in [0.4, 0.5) is 0 Å². The Hall–Kier alpha value is -1.38. The van der Waals surface area contributed by atoms with Crippen molar-refractivity contribution in [2.24, 2.45) is 17.3 Å². The monoisotopic (exact) mass is 149 g/mol. The van der Waals surface area contributed by atoms with Crippen molar-refractivity contribution >= 4 is 6.21 Å². The van der Waals surface area contributed by atoms with E-state index in [1.807, 2.05) is 42.9 Å². The fourth-order valence-electron chi connectivity index (χ4n) is 0.735. The molecule has 0 bridgehead atoms. The lowest BCUT2D eigenvalue weighted by molar-refractivity contribution is 0.816. The molecule has 0 amide bonds. The molecule has 3 heteroatoms. The van der Waals surface area contributed by atoms with Crippen molar-refractivity contribution in [1.29, 1.82) is 0 Å². The molecule has 0 aliphatic heterocycles. The van der Waals surface area contributed by atoms with Gasteiger partial charge < -0.3 is 4.57 Å². The standard InChI is InChI=1S/C8H11N3/c1-3-9-10-8-6-4-5-7-11(8)2/h3-7H,1-2H3/b9-3?,10-8+. The summed E-state index contributed by atoms with van der Waals surface area (Å²) in [7, 11) is 1.93. The Morgan fingerprint density at radius 3 is 2.91 bits per heavy atom. The zero-order valence-corrected chi connectivity index (χ0v) is 6.73. The Morgan fingerprint density at radius 1 is 1.45 bits per heavy atom. The normalized spacial score (nSPS) is 12.7. The van der Waals surface area contributed by atoms with Crippen molar-refractivity contribution in [1.82, 2.24) is 4.57 Å². The molecule has 0 aromatic carbocycles. The molecule has 0 spiro atoms. The van der Waals surface area contributed by atoms with E-state index in [1.165, 1.54) is 0 Å². The van der Waals surface area contributed by atoms with Gasteiger partial charge in [0.25, 0.3) is 0 Å². The van der Waals surface area contributed by atoms with Gasteiger partial charge >= 0.3 is 0 Å². The topological polar surface area (TPSA) is 29.6 Å². The van der Waals surface area contributed by atoms with Crippen LogP contribution >= 0.6 is 0 Å². The molecular weight excluding hydrogens is 138 g/mol. The summed E-state index contributed by atoms with van der Waals surface area (Å²) < 4.78 is 1.91. The van der Waals surface area contributed by atoms with Gasteiger partial charge in [-0.15, -0.1) is 5.10 Å². The first-order valence-corrected chi connectivity index (χ1v) is 3.48. The molecule has 1 rings (SSSR count). The van der Waals surface area contributed by atoms with Gasteiger partial charge in [0.1, 0.15) is 0 Å². The van der Waals surface area contributed by atoms with Crippen molar-refractivity contribution < 1.29 is 0 Å². The molecule has 0 N–H and O–H groups in total. The first-order chi connectivity index (χ1) is 5.34. The van der Waals surface area contributed by atoms with Crippen molar-refractivity contribution in [2.75, 3.05) is 0 Å². The molecule has 0 atom stereocenters. The molecule has 0 unspecified atom stereocenters. The van der Waals surface area contributed by atoms with E-state index >= 15 is 0 Å². The van der Waals surface area contributed by atoms with E-state index < -0.39 is 0 Å². The second kappa shape index (κ2) is 3.71. The average molecular weight is 149 g/mol. The lowest BCUT2D eigenvalue weighted by Crippen LogP contribution is -2.14. The van der Waals surface area contributed by atoms with Gasteiger partial charge in [0.2, 0.25) is 0 Å². The third kappa shape index (κ3) is 2.04. The number of pyridine rings is 1. The summed E-state index contributed by atoms with van der Waals surface area (Å²) in [5.74, 6) is 0. The maximum Gasteiger partial charge on any atom is 0.154 e. The van der Waals surface area contributed by atoms with Crippen LogP contribution in [0, 0.1) is 0 Å². The molecule has 0 saturated heterocycles. The summed E-state index contributed by atoms with van der Waals surface area (Å²) in [6.07, 6.45) is 3.59. The number of rotatable bonds is 1. The van der Waals surface area contributed by atoms with Crippen molar-refractivity contribution in [3.05, 3.63) is 29.9 Å². The second-order valence-electron chi connectivity index (χ2n) is 2.14. The summed E-state index contributed by atoms with van der Waals surface area (Å²) in [5, 5.41) is 7.74. The first kappa shape index (κ1) is 7.72. The van der Waals surface area contributed by atoms with E-state index in [9.17, 15) is 0 Å². The van der Waals surface area contributed by atoms with Gasteiger partial charge in [-0.25, -0.2) is 0 Å². The predicted molar refractivity (Wildman–Crippen MR) is 45.1 cm³/mol. The van der Waals surface area contributed by atoms with Crippen LogP contribution in [0.2, 0.25) is 0 Å². The Morgan fingerprint density at radius 2 is 2.27 bits per heavy atom. The molecule has 11 heavy (non-hydrogen) atoms. The molecule has 0 saturated carbocycles. The van der Waals surface area contributed by atoms with E-state index in [0.29, 0.717) is 0 Å². The highest BCUT2D eigenvalue weighted by molar-refractivity contribution is 5.52. The highest BCUT2D eigenvalue weighted by Gasteiger charge is 1.80. The van der Waals surface area contributed by atoms with Crippen LogP contribution < -0.4 is 5.49 Å². The maximum absolute atomic E-state index is 3.96. The van der Waals surface area contributed by atoms with Gasteiger partial charge in [0, 0.05) is 19.5 Å². The molecule has 0 aliphatic rings. The molecule has 0 fully saturated rings. The summed E-state index contributed by atoms with van der Waals surface area (Å²) in [5.41, 5.74) is 0.852. The van der Waals surface area contributed by atoms with Crippen molar-refractivity contribution in [2.45, 2.75) is 6.92 Å². The van der Waals surface area contributed by atoms with Gasteiger partial charge in [-0.2, -0.15) is 5.10 Å². The Balaban J connectivity index is 3.13. The first-order valence-electron chi connectivity index (χ1n) is 3.48. The fraction of sp³-hybridized carbons (Fsp3) is 0.250. The van der Waals surface area contributed by atoms with Crippen LogP contribution in [0.1, 0.15) is 6.92 Å². The largest absolute Gasteiger partial charge is 0.335 e. The van der Waals surface area contributed by atoms with E-state index in [1.54, 1.807) is 6.21 Å². The summed E-state index contributed by atoms with van der Waals surface area (Å²) in [4.78, 5) is 0. The molecule has 0 radical (unpaired) electrons. The van der Waals surface area contributed by atoms with Gasteiger partial charge in [0.15, 0.2) is 5.49 Å². The van der Waals surface area contributed by atoms with Crippen LogP contribution in [0.15, 0.2) is 34.6 Å². The third-order valence-corrected chi connectivity index (χ3v) is 1.30. The number of aromatic nitrogens is 1. The van der Waals surface area contributed by atoms with Gasteiger partial charge in [0.05, 0.1) is 0 Å². The number of hydrogen-bond donors (Lipinski definition) is 0. The molecule has 1 aromatic heterocycles. The highest BCUT2D eigenvalue weighted by Crippen LogP contribution is 1.76. The minimum atomic E-state index is 0.852. The van der Waals surface area contributed by atoms with E-state index in [2.05, 4.69) is 10.2 Å². The van der Waals surface area contributed by atoms with Crippen LogP contribution in [-0.2, 0) is 7.05 Å². The number of nitrogens with zero attached hydrogens (tertiary/aromatic N) is 3. The van der Waals surface area contributed by atoms with Crippen molar-refractivity contribution in [3.63, 3.8) is 0 Å². The number of aryl methyl sites for hydroxylation is 1. The zero-order chi connectivity index (χ0) is 8.10. The van der Waals surface area contributed by atoms with Crippen LogP contribution in [-0.4, -0.2) is 10.8 Å². The lowest BCUT2D eigenvalue weighted by atomic mass is 10.5. The molecule has 1 heterocycles. The number of hydrogen-bond acceptors (Lipinski definition) is 2. The quantitative estimate of drug-likeness (QED) is 0.420. The summed E-state index contributed by atoms with van der Waals surface area (Å²) >= 11 is 0. The van der Waals surface area contributed by atoms with E-state index in [-0.39, 0.29) is 0 Å². The Labute approximate surface area is 65.7 Å². The van der Waals surface area contributed by atoms with E-state index in [0.717, 1.165) is 5.49 Å². The van der Waals surface area contributed by atoms with Gasteiger partial charge in [-0.05, 0) is 19.1 Å². The third-order valence-electron chi connectivity index (χ3n) is 1.30. The SMILES string of the molecule is CC=N/N=c1\ccccn1C. The average Bonchev–Trinajstić information content (AvgIpc) is 2.03. The lowest BCUT2D eigenvalue weighted by Gasteiger charge is -1.94. The van der Waals surface area contributed by atoms with E-state index in [4.69, 9.17) is 0 Å². The van der Waals surface area contributed by atoms with Gasteiger partial charge in [-0.1, -0.05) is 6.07 Å². The Kier molecular flexibility index (Phi) is 2.60. The fourth-order valence-corrected chi connectivity index (χ4v) is 0.735. The minimum Gasteiger partial charge on any atom is -0.335 e. The van der Waals surface area contributed by atoms with Crippen LogP contribution in [0.3, 0.4) is 0 Å². The molecule has 1 aromatic rings. The van der Waals surface area contributed by atoms with Crippen LogP contribution in [0.5, 0.6) is 0 Å². The predicted octanol–water partition coefficient (Wildman–Crippen LogP) is 0.932. The minimum absolute atomic E-state index is 0.852. The smallest absolute Gasteiger partial charge is 0.154 e. The second-order valence-corrected chi connectivity index (χ2v) is 2.14. The molecule has 0 aliphatic carbocycles. The summed E-state index contributed by atoms with van der Waals surface area (Å²) in [6, 6.07) is 5.80. The highest BCUT2D eigenvalue weighted by atomic mass is 15.2. The summed E-state index contributed by atoms with van der Waals surface area (Å²) in [6.45, 7) is 1.84. The maximum atomic E-state index is 3.96. The Bertz CT molecular complexity index is 309. The molecular formula is C8H11N3. The molecule has 58 valence electrons. The molecule has 3 nitrogen and oxygen atoms in total. The zero-order valence-electron chi connectivity index (χ0n) is 6.73.